The fourth-order valence-corrected chi connectivity index (χ4v) is 4.38. The molecule has 1 aliphatic rings. The van der Waals surface area contributed by atoms with Gasteiger partial charge in [-0.25, -0.2) is 8.42 Å². The molecule has 0 radical (unpaired) electrons. The number of sulfonamides is 1. The van der Waals surface area contributed by atoms with Crippen molar-refractivity contribution >= 4 is 10.0 Å². The molecule has 5 nitrogen and oxygen atoms in total. The van der Waals surface area contributed by atoms with Crippen molar-refractivity contribution in [3.8, 4) is 0 Å². The van der Waals surface area contributed by atoms with Gasteiger partial charge in [-0.3, -0.25) is 4.90 Å². The van der Waals surface area contributed by atoms with E-state index >= 15 is 0 Å². The summed E-state index contributed by atoms with van der Waals surface area (Å²) >= 11 is 0. The van der Waals surface area contributed by atoms with Crippen LogP contribution in [0.1, 0.15) is 25.8 Å². The van der Waals surface area contributed by atoms with Crippen LogP contribution in [0, 0.1) is 0 Å². The maximum Gasteiger partial charge on any atom is 0.243 e. The number of nitrogens with zero attached hydrogens (tertiary/aromatic N) is 2. The highest BCUT2D eigenvalue weighted by Gasteiger charge is 2.34. The Balaban J connectivity index is 2.13. The second-order valence-electron chi connectivity index (χ2n) is 5.33. The number of rotatable bonds is 6. The Kier molecular flexibility index (Phi) is 5.37. The molecule has 1 atom stereocenters. The Bertz CT molecular complexity index is 553. The Morgan fingerprint density at radius 2 is 1.86 bits per heavy atom. The molecule has 1 saturated heterocycles. The third-order valence-corrected chi connectivity index (χ3v) is 6.08. The van der Waals surface area contributed by atoms with Crippen LogP contribution in [0.5, 0.6) is 0 Å². The van der Waals surface area contributed by atoms with E-state index in [4.69, 9.17) is 5.11 Å². The molecule has 1 aliphatic heterocycles. The summed E-state index contributed by atoms with van der Waals surface area (Å²) < 4.78 is 26.8. The highest BCUT2D eigenvalue weighted by atomic mass is 32.2. The van der Waals surface area contributed by atoms with E-state index < -0.39 is 10.0 Å². The molecule has 1 aromatic rings. The maximum absolute atomic E-state index is 12.6. The number of aliphatic hydroxyl groups excluding tert-OH is 1. The van der Waals surface area contributed by atoms with Crippen molar-refractivity contribution < 1.29 is 13.5 Å². The zero-order chi connectivity index (χ0) is 15.5. The summed E-state index contributed by atoms with van der Waals surface area (Å²) in [5, 5.41) is 9.03. The van der Waals surface area contributed by atoms with Crippen LogP contribution in [0.25, 0.3) is 0 Å². The van der Waals surface area contributed by atoms with Crippen molar-refractivity contribution in [3.05, 3.63) is 29.8 Å². The second-order valence-corrected chi connectivity index (χ2v) is 7.27. The van der Waals surface area contributed by atoms with Crippen LogP contribution in [-0.2, 0) is 16.6 Å². The topological polar surface area (TPSA) is 60.9 Å². The first-order chi connectivity index (χ1) is 10.0. The quantitative estimate of drug-likeness (QED) is 0.860. The highest BCUT2D eigenvalue weighted by molar-refractivity contribution is 7.89. The van der Waals surface area contributed by atoms with Gasteiger partial charge >= 0.3 is 0 Å². The lowest BCUT2D eigenvalue weighted by Crippen LogP contribution is -2.38. The summed E-state index contributed by atoms with van der Waals surface area (Å²) in [6.45, 7) is 7.16. The number of hydrogen-bond acceptors (Lipinski definition) is 4. The molecule has 1 fully saturated rings. The van der Waals surface area contributed by atoms with Gasteiger partial charge in [0.05, 0.1) is 11.5 Å². The summed E-state index contributed by atoms with van der Waals surface area (Å²) in [7, 11) is -3.42. The lowest BCUT2D eigenvalue weighted by molar-refractivity contribution is 0.224. The van der Waals surface area contributed by atoms with Gasteiger partial charge in [0.1, 0.15) is 0 Å². The van der Waals surface area contributed by atoms with Crippen molar-refractivity contribution in [2.45, 2.75) is 37.8 Å². The van der Waals surface area contributed by atoms with Crippen LogP contribution in [0.15, 0.2) is 29.2 Å². The first kappa shape index (κ1) is 16.4. The average Bonchev–Trinajstić information content (AvgIpc) is 2.99. The third kappa shape index (κ3) is 3.45. The minimum absolute atomic E-state index is 0.0753. The first-order valence-corrected chi connectivity index (χ1v) is 8.91. The number of likely N-dealkylation sites (N-methyl/N-ethyl adjacent to an activating group) is 1. The fourth-order valence-electron chi connectivity index (χ4n) is 2.88. The van der Waals surface area contributed by atoms with E-state index in [9.17, 15) is 8.42 Å². The van der Waals surface area contributed by atoms with Gasteiger partial charge in [0.25, 0.3) is 0 Å². The van der Waals surface area contributed by atoms with Crippen molar-refractivity contribution in [1.82, 2.24) is 9.21 Å². The largest absolute Gasteiger partial charge is 0.392 e. The summed E-state index contributed by atoms with van der Waals surface area (Å²) in [6, 6.07) is 6.78. The Labute approximate surface area is 127 Å². The third-order valence-electron chi connectivity index (χ3n) is 4.20. The van der Waals surface area contributed by atoms with Crippen LogP contribution in [0.3, 0.4) is 0 Å². The molecular weight excluding hydrogens is 288 g/mol. The SMILES string of the molecule is CCN(CC)C1CCN(S(=O)(=O)c2ccc(CO)cc2)C1. The lowest BCUT2D eigenvalue weighted by atomic mass is 10.2. The van der Waals surface area contributed by atoms with Crippen molar-refractivity contribution in [3.63, 3.8) is 0 Å². The van der Waals surface area contributed by atoms with E-state index in [2.05, 4.69) is 18.7 Å². The van der Waals surface area contributed by atoms with Crippen LogP contribution < -0.4 is 0 Å². The zero-order valence-corrected chi connectivity index (χ0v) is 13.5. The minimum Gasteiger partial charge on any atom is -0.392 e. The van der Waals surface area contributed by atoms with E-state index in [1.54, 1.807) is 28.6 Å². The summed E-state index contributed by atoms with van der Waals surface area (Å²) in [4.78, 5) is 2.62. The Morgan fingerprint density at radius 1 is 1.24 bits per heavy atom. The lowest BCUT2D eigenvalue weighted by Gasteiger charge is -2.26. The molecule has 0 bridgehead atoms. The van der Waals surface area contributed by atoms with Crippen molar-refractivity contribution in [2.24, 2.45) is 0 Å². The van der Waals surface area contributed by atoms with Gasteiger partial charge in [-0.05, 0) is 37.2 Å². The molecule has 1 heterocycles. The van der Waals surface area contributed by atoms with E-state index in [1.807, 2.05) is 0 Å². The molecule has 2 rings (SSSR count). The molecular formula is C15H24N2O3S. The van der Waals surface area contributed by atoms with Crippen LogP contribution in [0.2, 0.25) is 0 Å². The normalized spacial score (nSPS) is 20.3. The van der Waals surface area contributed by atoms with Crippen molar-refractivity contribution in [2.75, 3.05) is 26.2 Å². The molecule has 1 N–H and O–H groups in total. The van der Waals surface area contributed by atoms with Crippen LogP contribution >= 0.6 is 0 Å². The van der Waals surface area contributed by atoms with Gasteiger partial charge in [-0.15, -0.1) is 0 Å². The van der Waals surface area contributed by atoms with E-state index in [-0.39, 0.29) is 6.61 Å². The molecule has 0 aliphatic carbocycles. The highest BCUT2D eigenvalue weighted by Crippen LogP contribution is 2.23. The molecule has 0 amide bonds. The minimum atomic E-state index is -3.42. The number of aliphatic hydroxyl groups is 1. The maximum atomic E-state index is 12.6. The number of hydrogen-bond donors (Lipinski definition) is 1. The molecule has 6 heteroatoms. The zero-order valence-electron chi connectivity index (χ0n) is 12.7. The molecule has 118 valence electrons. The van der Waals surface area contributed by atoms with Crippen LogP contribution in [-0.4, -0.2) is 55.0 Å². The Hall–Kier alpha value is -0.950. The van der Waals surface area contributed by atoms with Gasteiger partial charge in [-0.1, -0.05) is 26.0 Å². The van der Waals surface area contributed by atoms with Gasteiger partial charge in [0.2, 0.25) is 10.0 Å². The Morgan fingerprint density at radius 3 is 2.38 bits per heavy atom. The fraction of sp³-hybridized carbons (Fsp3) is 0.600. The smallest absolute Gasteiger partial charge is 0.243 e. The molecule has 1 aromatic carbocycles. The predicted molar refractivity (Wildman–Crippen MR) is 82.4 cm³/mol. The number of benzene rings is 1. The molecule has 0 aromatic heterocycles. The summed E-state index contributed by atoms with van der Waals surface area (Å²) in [5.41, 5.74) is 0.719. The van der Waals surface area contributed by atoms with Crippen molar-refractivity contribution in [1.29, 1.82) is 0 Å². The molecule has 21 heavy (non-hydrogen) atoms. The van der Waals surface area contributed by atoms with Crippen LogP contribution in [0.4, 0.5) is 0 Å². The summed E-state index contributed by atoms with van der Waals surface area (Å²) in [6.07, 6.45) is 0.885. The predicted octanol–water partition coefficient (Wildman–Crippen LogP) is 1.28. The van der Waals surface area contributed by atoms with Gasteiger partial charge in [-0.2, -0.15) is 4.31 Å². The van der Waals surface area contributed by atoms with E-state index in [0.29, 0.717) is 24.0 Å². The standard InChI is InChI=1S/C15H24N2O3S/c1-3-16(4-2)14-9-10-17(11-14)21(19,20)15-7-5-13(12-18)6-8-15/h5-8,14,18H,3-4,9-12H2,1-2H3. The monoisotopic (exact) mass is 312 g/mol. The summed E-state index contributed by atoms with van der Waals surface area (Å²) in [5.74, 6) is 0. The van der Waals surface area contributed by atoms with E-state index in [1.165, 1.54) is 0 Å². The van der Waals surface area contributed by atoms with E-state index in [0.717, 1.165) is 25.1 Å². The molecule has 0 saturated carbocycles. The molecule has 1 unspecified atom stereocenters. The first-order valence-electron chi connectivity index (χ1n) is 7.47. The van der Waals surface area contributed by atoms with Gasteiger partial charge in [0.15, 0.2) is 0 Å². The molecule has 0 spiro atoms. The average molecular weight is 312 g/mol. The van der Waals surface area contributed by atoms with Gasteiger partial charge in [0, 0.05) is 19.1 Å². The second kappa shape index (κ2) is 6.87. The van der Waals surface area contributed by atoms with Gasteiger partial charge < -0.3 is 5.11 Å².